The van der Waals surface area contributed by atoms with Crippen LogP contribution >= 0.6 is 0 Å². The van der Waals surface area contributed by atoms with Crippen molar-refractivity contribution in [3.05, 3.63) is 71.3 Å². The highest BCUT2D eigenvalue weighted by atomic mass is 16.5. The summed E-state index contributed by atoms with van der Waals surface area (Å²) in [5.41, 5.74) is 1.01. The molecule has 0 spiro atoms. The second-order valence-electron chi connectivity index (χ2n) is 6.48. The van der Waals surface area contributed by atoms with Gasteiger partial charge >= 0.3 is 5.97 Å². The Morgan fingerprint density at radius 2 is 1.66 bits per heavy atom. The van der Waals surface area contributed by atoms with Gasteiger partial charge in [-0.2, -0.15) is 5.26 Å². The van der Waals surface area contributed by atoms with Crippen LogP contribution in [-0.2, 0) is 16.1 Å². The number of ether oxygens (including phenoxy) is 1. The van der Waals surface area contributed by atoms with E-state index in [1.54, 1.807) is 25.2 Å². The maximum atomic E-state index is 12.8. The lowest BCUT2D eigenvalue weighted by molar-refractivity contribution is -0.122. The van der Waals surface area contributed by atoms with E-state index >= 15 is 0 Å². The van der Waals surface area contributed by atoms with Crippen LogP contribution in [0.3, 0.4) is 0 Å². The zero-order valence-corrected chi connectivity index (χ0v) is 16.2. The van der Waals surface area contributed by atoms with Crippen LogP contribution in [0, 0.1) is 22.7 Å². The van der Waals surface area contributed by atoms with E-state index in [1.165, 1.54) is 24.0 Å². The molecule has 0 aliphatic heterocycles. The van der Waals surface area contributed by atoms with Gasteiger partial charge in [-0.25, -0.2) is 4.79 Å². The maximum absolute atomic E-state index is 12.8. The summed E-state index contributed by atoms with van der Waals surface area (Å²) in [5.74, 6) is -3.14. The number of Topliss-reactive ketones (excluding diaryl/α,β-unsaturated/α-hetero) is 1. The molecule has 7 nitrogen and oxygen atoms in total. The summed E-state index contributed by atoms with van der Waals surface area (Å²) in [6.07, 6.45) is 0. The molecule has 7 heteroatoms. The molecular weight excluding hydrogens is 370 g/mol. The summed E-state index contributed by atoms with van der Waals surface area (Å²) >= 11 is 0. The summed E-state index contributed by atoms with van der Waals surface area (Å²) in [6.45, 7) is 1.06. The lowest BCUT2D eigenvalue weighted by Crippen LogP contribution is -2.29. The van der Waals surface area contributed by atoms with Crippen LogP contribution in [-0.4, -0.2) is 41.9 Å². The number of esters is 1. The van der Waals surface area contributed by atoms with E-state index in [0.717, 1.165) is 5.56 Å². The van der Waals surface area contributed by atoms with Crippen LogP contribution in [0.2, 0.25) is 0 Å². The number of nitrogens with zero attached hydrogens (tertiary/aromatic N) is 2. The van der Waals surface area contributed by atoms with E-state index in [1.807, 2.05) is 30.3 Å². The molecule has 0 radical (unpaired) electrons. The monoisotopic (exact) mass is 391 g/mol. The molecule has 0 bridgehead atoms. The van der Waals surface area contributed by atoms with Gasteiger partial charge in [-0.15, -0.1) is 0 Å². The average Bonchev–Trinajstić information content (AvgIpc) is 2.72. The maximum Gasteiger partial charge on any atom is 0.339 e. The number of ketones is 1. The molecule has 1 amide bonds. The molecule has 2 aromatic rings. The molecule has 1 N–H and O–H groups in total. The summed E-state index contributed by atoms with van der Waals surface area (Å²) in [5, 5.41) is 16.4. The number of nitrogens with one attached hydrogen (secondary N) is 1. The van der Waals surface area contributed by atoms with Crippen molar-refractivity contribution in [2.75, 3.05) is 13.7 Å². The fourth-order valence-corrected chi connectivity index (χ4v) is 2.69. The molecule has 1 unspecified atom stereocenters. The zero-order valence-electron chi connectivity index (χ0n) is 16.2. The number of hydrogen-bond donors (Lipinski definition) is 1. The Labute approximate surface area is 169 Å². The number of rotatable bonds is 8. The van der Waals surface area contributed by atoms with Crippen LogP contribution in [0.4, 0.5) is 0 Å². The standard InChI is InChI=1S/C22H21N3O4/c1-15(24)19(12-23)20(26)14-29-22(28)18-11-7-6-10-17(18)21(27)25(2)13-16-8-4-3-5-9-16/h3-11,19,24H,13-14H2,1-2H3. The van der Waals surface area contributed by atoms with Crippen molar-refractivity contribution in [3.63, 3.8) is 0 Å². The highest BCUT2D eigenvalue weighted by Gasteiger charge is 2.24. The van der Waals surface area contributed by atoms with Crippen LogP contribution in [0.5, 0.6) is 0 Å². The van der Waals surface area contributed by atoms with Crippen LogP contribution < -0.4 is 0 Å². The van der Waals surface area contributed by atoms with Crippen molar-refractivity contribution in [1.29, 1.82) is 10.7 Å². The van der Waals surface area contributed by atoms with E-state index in [-0.39, 0.29) is 22.7 Å². The predicted octanol–water partition coefficient (Wildman–Crippen LogP) is 2.86. The Kier molecular flexibility index (Phi) is 7.38. The predicted molar refractivity (Wildman–Crippen MR) is 106 cm³/mol. The van der Waals surface area contributed by atoms with E-state index in [4.69, 9.17) is 15.4 Å². The Hall–Kier alpha value is -3.79. The third-order valence-electron chi connectivity index (χ3n) is 4.22. The first-order chi connectivity index (χ1) is 13.8. The first-order valence-electron chi connectivity index (χ1n) is 8.88. The Bertz CT molecular complexity index is 964. The number of nitriles is 1. The van der Waals surface area contributed by atoms with Gasteiger partial charge in [-0.05, 0) is 24.6 Å². The lowest BCUT2D eigenvalue weighted by Gasteiger charge is -2.19. The minimum Gasteiger partial charge on any atom is -0.454 e. The van der Waals surface area contributed by atoms with Gasteiger partial charge in [-0.1, -0.05) is 42.5 Å². The van der Waals surface area contributed by atoms with E-state index in [0.29, 0.717) is 6.54 Å². The van der Waals surface area contributed by atoms with Crippen molar-refractivity contribution in [2.24, 2.45) is 5.92 Å². The van der Waals surface area contributed by atoms with Crippen molar-refractivity contribution < 1.29 is 19.1 Å². The molecule has 0 fully saturated rings. The van der Waals surface area contributed by atoms with Gasteiger partial charge in [0.05, 0.1) is 17.2 Å². The molecule has 2 rings (SSSR count). The van der Waals surface area contributed by atoms with Gasteiger partial charge in [0, 0.05) is 19.3 Å². The van der Waals surface area contributed by atoms with Gasteiger partial charge in [0.2, 0.25) is 0 Å². The molecule has 148 valence electrons. The number of carbonyl (C=O) groups is 3. The number of amides is 1. The molecule has 0 aliphatic carbocycles. The average molecular weight is 391 g/mol. The van der Waals surface area contributed by atoms with Gasteiger partial charge < -0.3 is 15.0 Å². The first kappa shape index (κ1) is 21.5. The molecule has 2 aromatic carbocycles. The Morgan fingerprint density at radius 1 is 1.07 bits per heavy atom. The normalized spacial score (nSPS) is 11.1. The molecule has 0 aliphatic rings. The number of hydrogen-bond acceptors (Lipinski definition) is 6. The summed E-state index contributed by atoms with van der Waals surface area (Å²) in [4.78, 5) is 38.7. The first-order valence-corrected chi connectivity index (χ1v) is 8.88. The highest BCUT2D eigenvalue weighted by Crippen LogP contribution is 2.15. The molecule has 0 saturated heterocycles. The van der Waals surface area contributed by atoms with Crippen molar-refractivity contribution in [1.82, 2.24) is 4.90 Å². The molecule has 0 saturated carbocycles. The van der Waals surface area contributed by atoms with Crippen LogP contribution in [0.25, 0.3) is 0 Å². The third kappa shape index (κ3) is 5.59. The number of benzene rings is 2. The second-order valence-corrected chi connectivity index (χ2v) is 6.48. The zero-order chi connectivity index (χ0) is 21.4. The quantitative estimate of drug-likeness (QED) is 0.549. The van der Waals surface area contributed by atoms with Crippen LogP contribution in [0.1, 0.15) is 33.2 Å². The minimum absolute atomic E-state index is 0.0327. The van der Waals surface area contributed by atoms with Crippen molar-refractivity contribution in [2.45, 2.75) is 13.5 Å². The summed E-state index contributed by atoms with van der Waals surface area (Å²) in [6, 6.07) is 17.3. The van der Waals surface area contributed by atoms with Gasteiger partial charge in [0.1, 0.15) is 5.92 Å². The van der Waals surface area contributed by atoms with Gasteiger partial charge in [0.25, 0.3) is 5.91 Å². The van der Waals surface area contributed by atoms with Gasteiger partial charge in [-0.3, -0.25) is 9.59 Å². The Morgan fingerprint density at radius 3 is 2.24 bits per heavy atom. The highest BCUT2D eigenvalue weighted by molar-refractivity contribution is 6.08. The van der Waals surface area contributed by atoms with E-state index in [2.05, 4.69) is 0 Å². The third-order valence-corrected chi connectivity index (χ3v) is 4.22. The second kappa shape index (κ2) is 9.95. The fourth-order valence-electron chi connectivity index (χ4n) is 2.69. The van der Waals surface area contributed by atoms with Gasteiger partial charge in [0.15, 0.2) is 12.4 Å². The molecular formula is C22H21N3O4. The van der Waals surface area contributed by atoms with Crippen molar-refractivity contribution in [3.8, 4) is 6.07 Å². The largest absolute Gasteiger partial charge is 0.454 e. The summed E-state index contributed by atoms with van der Waals surface area (Å²) in [7, 11) is 1.63. The Balaban J connectivity index is 2.12. The smallest absolute Gasteiger partial charge is 0.339 e. The molecule has 29 heavy (non-hydrogen) atoms. The van der Waals surface area contributed by atoms with Crippen LogP contribution in [0.15, 0.2) is 54.6 Å². The molecule has 1 atom stereocenters. The minimum atomic E-state index is -1.25. The molecule has 0 aromatic heterocycles. The van der Waals surface area contributed by atoms with Crippen molar-refractivity contribution >= 4 is 23.4 Å². The SMILES string of the molecule is CC(=N)C(C#N)C(=O)COC(=O)c1ccccc1C(=O)N(C)Cc1ccccc1. The number of carbonyl (C=O) groups excluding carboxylic acids is 3. The van der Waals surface area contributed by atoms with E-state index in [9.17, 15) is 14.4 Å². The summed E-state index contributed by atoms with van der Waals surface area (Å²) < 4.78 is 5.00. The topological polar surface area (TPSA) is 111 Å². The molecule has 0 heterocycles. The van der Waals surface area contributed by atoms with E-state index < -0.39 is 24.3 Å². The lowest BCUT2D eigenvalue weighted by atomic mass is 10.0. The fraction of sp³-hybridized carbons (Fsp3) is 0.227.